The average Bonchev–Trinajstić information content (AvgIpc) is 2.46. The van der Waals surface area contributed by atoms with E-state index in [1.54, 1.807) is 24.3 Å². The lowest BCUT2D eigenvalue weighted by atomic mass is 10.1. The predicted octanol–water partition coefficient (Wildman–Crippen LogP) is 3.14. The number of nitrogens with two attached hydrogens (primary N) is 1. The monoisotopic (exact) mass is 320 g/mol. The van der Waals surface area contributed by atoms with Crippen LogP contribution < -0.4 is 10.5 Å². The Balaban J connectivity index is 2.21. The Hall–Kier alpha value is -2.54. The van der Waals surface area contributed by atoms with Crippen molar-refractivity contribution in [3.05, 3.63) is 69.5 Å². The molecule has 0 heterocycles. The zero-order valence-electron chi connectivity index (χ0n) is 11.5. The smallest absolute Gasteiger partial charge is 0.311 e. The summed E-state index contributed by atoms with van der Waals surface area (Å²) in [6.45, 7) is -0.0951. The predicted molar refractivity (Wildman–Crippen MR) is 84.3 cm³/mol. The maximum atomic E-state index is 13.5. The summed E-state index contributed by atoms with van der Waals surface area (Å²) in [6, 6.07) is 10.6. The van der Waals surface area contributed by atoms with Crippen LogP contribution >= 0.6 is 12.2 Å². The summed E-state index contributed by atoms with van der Waals surface area (Å²) < 4.78 is 18.9. The molecule has 5 nitrogen and oxygen atoms in total. The molecule has 0 aliphatic heterocycles. The normalized spacial score (nSPS) is 10.2. The summed E-state index contributed by atoms with van der Waals surface area (Å²) in [5.74, 6) is -0.352. The second-order valence-electron chi connectivity index (χ2n) is 4.58. The first-order valence-electron chi connectivity index (χ1n) is 6.39. The molecule has 0 unspecified atom stereocenters. The van der Waals surface area contributed by atoms with Gasteiger partial charge in [-0.1, -0.05) is 36.5 Å². The molecule has 0 saturated carbocycles. The van der Waals surface area contributed by atoms with Gasteiger partial charge in [0.25, 0.3) is 0 Å². The molecule has 2 rings (SSSR count). The number of hydrogen-bond acceptors (Lipinski definition) is 4. The molecule has 0 bridgehead atoms. The van der Waals surface area contributed by atoms with Gasteiger partial charge in [-0.2, -0.15) is 0 Å². The molecule has 0 aliphatic rings. The molecule has 0 saturated heterocycles. The van der Waals surface area contributed by atoms with Gasteiger partial charge in [0, 0.05) is 18.1 Å². The summed E-state index contributed by atoms with van der Waals surface area (Å²) in [4.78, 5) is 10.8. The zero-order valence-corrected chi connectivity index (χ0v) is 12.3. The minimum atomic E-state index is -0.556. The fourth-order valence-corrected chi connectivity index (χ4v) is 2.08. The topological polar surface area (TPSA) is 78.4 Å². The fraction of sp³-hybridized carbons (Fsp3) is 0.133. The van der Waals surface area contributed by atoms with Crippen molar-refractivity contribution in [2.75, 3.05) is 0 Å². The number of halogens is 1. The highest BCUT2D eigenvalue weighted by atomic mass is 32.1. The number of hydrogen-bond donors (Lipinski definition) is 1. The minimum absolute atomic E-state index is 0.0694. The fourth-order valence-electron chi connectivity index (χ4n) is 1.91. The number of thiocarbonyl (C=S) groups is 1. The molecule has 2 N–H and O–H groups in total. The molecule has 0 spiro atoms. The second-order valence-corrected chi connectivity index (χ2v) is 5.11. The van der Waals surface area contributed by atoms with Gasteiger partial charge in [0.15, 0.2) is 5.75 Å². The number of ether oxygens (including phenoxy) is 1. The largest absolute Gasteiger partial charge is 0.482 e. The van der Waals surface area contributed by atoms with Gasteiger partial charge < -0.3 is 10.5 Å². The van der Waals surface area contributed by atoms with Crippen LogP contribution in [0.1, 0.15) is 11.1 Å². The third kappa shape index (κ3) is 3.98. The van der Waals surface area contributed by atoms with E-state index in [2.05, 4.69) is 0 Å². The van der Waals surface area contributed by atoms with Crippen LogP contribution in [0.4, 0.5) is 10.1 Å². The van der Waals surface area contributed by atoms with E-state index >= 15 is 0 Å². The van der Waals surface area contributed by atoms with Crippen LogP contribution in [0.5, 0.6) is 5.75 Å². The van der Waals surface area contributed by atoms with Gasteiger partial charge in [-0.05, 0) is 17.7 Å². The van der Waals surface area contributed by atoms with Crippen LogP contribution in [0, 0.1) is 15.9 Å². The maximum Gasteiger partial charge on any atom is 0.311 e. The Morgan fingerprint density at radius 2 is 2.05 bits per heavy atom. The molecule has 0 aromatic heterocycles. The highest BCUT2D eigenvalue weighted by Gasteiger charge is 2.17. The molecule has 2 aromatic carbocycles. The maximum absolute atomic E-state index is 13.5. The van der Waals surface area contributed by atoms with E-state index in [1.165, 1.54) is 18.2 Å². The Morgan fingerprint density at radius 3 is 2.68 bits per heavy atom. The van der Waals surface area contributed by atoms with Gasteiger partial charge in [0.05, 0.1) is 9.91 Å². The quantitative estimate of drug-likeness (QED) is 0.502. The minimum Gasteiger partial charge on any atom is -0.482 e. The summed E-state index contributed by atoms with van der Waals surface area (Å²) >= 11 is 4.78. The van der Waals surface area contributed by atoms with Crippen LogP contribution in [0.15, 0.2) is 42.5 Å². The second kappa shape index (κ2) is 6.95. The van der Waals surface area contributed by atoms with Crippen molar-refractivity contribution in [3.63, 3.8) is 0 Å². The van der Waals surface area contributed by atoms with Crippen LogP contribution in [0.2, 0.25) is 0 Å². The van der Waals surface area contributed by atoms with E-state index < -0.39 is 10.7 Å². The van der Waals surface area contributed by atoms with Crippen molar-refractivity contribution in [1.29, 1.82) is 0 Å². The first-order chi connectivity index (χ1) is 10.5. The number of benzene rings is 2. The van der Waals surface area contributed by atoms with Crippen molar-refractivity contribution < 1.29 is 14.1 Å². The highest BCUT2D eigenvalue weighted by molar-refractivity contribution is 7.80. The summed E-state index contributed by atoms with van der Waals surface area (Å²) in [6.07, 6.45) is 0.268. The Kier molecular flexibility index (Phi) is 5.00. The van der Waals surface area contributed by atoms with E-state index in [-0.39, 0.29) is 29.5 Å². The van der Waals surface area contributed by atoms with E-state index in [0.717, 1.165) is 0 Å². The van der Waals surface area contributed by atoms with E-state index in [0.29, 0.717) is 11.1 Å². The van der Waals surface area contributed by atoms with E-state index in [9.17, 15) is 14.5 Å². The van der Waals surface area contributed by atoms with Crippen LogP contribution in [-0.4, -0.2) is 9.91 Å². The van der Waals surface area contributed by atoms with Crippen LogP contribution in [-0.2, 0) is 13.0 Å². The standard InChI is InChI=1S/C15H13FN2O3S/c16-12-4-2-1-3-11(12)9-21-14-6-5-10(8-15(17)22)7-13(14)18(19)20/h1-7H,8-9H2,(H2,17,22). The van der Waals surface area contributed by atoms with Crippen molar-refractivity contribution in [3.8, 4) is 5.75 Å². The Morgan fingerprint density at radius 1 is 1.32 bits per heavy atom. The summed E-state index contributed by atoms with van der Waals surface area (Å²) in [5.41, 5.74) is 6.17. The van der Waals surface area contributed by atoms with E-state index in [4.69, 9.17) is 22.7 Å². The van der Waals surface area contributed by atoms with Gasteiger partial charge in [-0.25, -0.2) is 4.39 Å². The molecule has 0 aliphatic carbocycles. The van der Waals surface area contributed by atoms with Crippen molar-refractivity contribution in [1.82, 2.24) is 0 Å². The third-order valence-corrected chi connectivity index (χ3v) is 3.08. The molecule has 114 valence electrons. The number of nitro groups is 1. The Bertz CT molecular complexity index is 722. The number of nitrogens with zero attached hydrogens (tertiary/aromatic N) is 1. The molecule has 0 fully saturated rings. The zero-order chi connectivity index (χ0) is 16.1. The SMILES string of the molecule is NC(=S)Cc1ccc(OCc2ccccc2F)c([N+](=O)[O-])c1. The number of nitro benzene ring substituents is 1. The van der Waals surface area contributed by atoms with Crippen molar-refractivity contribution in [2.24, 2.45) is 5.73 Å². The third-order valence-electron chi connectivity index (χ3n) is 2.94. The molecule has 0 amide bonds. The molecular weight excluding hydrogens is 307 g/mol. The van der Waals surface area contributed by atoms with Crippen molar-refractivity contribution in [2.45, 2.75) is 13.0 Å². The van der Waals surface area contributed by atoms with Gasteiger partial charge in [0.2, 0.25) is 0 Å². The van der Waals surface area contributed by atoms with Crippen LogP contribution in [0.25, 0.3) is 0 Å². The number of rotatable bonds is 6. The first kappa shape index (κ1) is 15.8. The van der Waals surface area contributed by atoms with E-state index in [1.807, 2.05) is 0 Å². The lowest BCUT2D eigenvalue weighted by molar-refractivity contribution is -0.386. The van der Waals surface area contributed by atoms with Crippen molar-refractivity contribution >= 4 is 22.9 Å². The van der Waals surface area contributed by atoms with Gasteiger partial charge in [-0.15, -0.1) is 0 Å². The highest BCUT2D eigenvalue weighted by Crippen LogP contribution is 2.29. The van der Waals surface area contributed by atoms with Gasteiger partial charge in [-0.3, -0.25) is 10.1 Å². The molecule has 22 heavy (non-hydrogen) atoms. The molecule has 0 atom stereocenters. The molecular formula is C15H13FN2O3S. The molecule has 0 radical (unpaired) electrons. The summed E-state index contributed by atoms with van der Waals surface area (Å²) in [5, 5.41) is 11.1. The lowest BCUT2D eigenvalue weighted by Gasteiger charge is -2.09. The lowest BCUT2D eigenvalue weighted by Crippen LogP contribution is -2.11. The summed E-state index contributed by atoms with van der Waals surface area (Å²) in [7, 11) is 0. The van der Waals surface area contributed by atoms with Crippen LogP contribution in [0.3, 0.4) is 0 Å². The van der Waals surface area contributed by atoms with Gasteiger partial charge >= 0.3 is 5.69 Å². The molecule has 2 aromatic rings. The molecule has 7 heteroatoms. The van der Waals surface area contributed by atoms with Gasteiger partial charge in [0.1, 0.15) is 12.4 Å². The average molecular weight is 320 g/mol. The Labute approximate surface area is 131 Å². The first-order valence-corrected chi connectivity index (χ1v) is 6.80.